The molecule has 0 aliphatic heterocycles. The summed E-state index contributed by atoms with van der Waals surface area (Å²) in [5, 5.41) is 4.96. The highest BCUT2D eigenvalue weighted by Gasteiger charge is 2.06. The lowest BCUT2D eigenvalue weighted by atomic mass is 10.4. The topological polar surface area (TPSA) is 88.1 Å². The van der Waals surface area contributed by atoms with Crippen LogP contribution in [0.4, 0.5) is 5.82 Å². The number of aromatic nitrogens is 4. The fourth-order valence-electron chi connectivity index (χ4n) is 1.47. The second-order valence-corrected chi connectivity index (χ2v) is 3.47. The summed E-state index contributed by atoms with van der Waals surface area (Å²) in [4.78, 5) is 8.05. The highest BCUT2D eigenvalue weighted by atomic mass is 16.5. The molecule has 2 heterocycles. The van der Waals surface area contributed by atoms with Gasteiger partial charge in [0.25, 0.3) is 0 Å². The molecule has 0 aliphatic rings. The number of rotatable bonds is 6. The normalized spacial score (nSPS) is 11.1. The predicted octanol–water partition coefficient (Wildman–Crippen LogP) is 0.0715. The van der Waals surface area contributed by atoms with E-state index in [4.69, 9.17) is 15.2 Å². The van der Waals surface area contributed by atoms with Gasteiger partial charge >= 0.3 is 0 Å². The molecule has 2 N–H and O–H groups in total. The van der Waals surface area contributed by atoms with Crippen molar-refractivity contribution >= 4 is 16.9 Å². The van der Waals surface area contributed by atoms with E-state index >= 15 is 0 Å². The Morgan fingerprint density at radius 1 is 1.29 bits per heavy atom. The van der Waals surface area contributed by atoms with Gasteiger partial charge in [-0.3, -0.25) is 0 Å². The first kappa shape index (κ1) is 11.7. The molecule has 7 heteroatoms. The van der Waals surface area contributed by atoms with Gasteiger partial charge in [0.1, 0.15) is 12.1 Å². The minimum atomic E-state index is 0.446. The van der Waals surface area contributed by atoms with Crippen LogP contribution in [-0.4, -0.2) is 46.7 Å². The quantitative estimate of drug-likeness (QED) is 0.715. The number of nitrogens with zero attached hydrogens (tertiary/aromatic N) is 4. The highest BCUT2D eigenvalue weighted by molar-refractivity contribution is 5.84. The van der Waals surface area contributed by atoms with E-state index < -0.39 is 0 Å². The first-order valence-electron chi connectivity index (χ1n) is 5.31. The summed E-state index contributed by atoms with van der Waals surface area (Å²) in [6.45, 7) is 2.36. The molecule has 7 nitrogen and oxygen atoms in total. The van der Waals surface area contributed by atoms with Gasteiger partial charge in [-0.25, -0.2) is 14.6 Å². The van der Waals surface area contributed by atoms with E-state index in [2.05, 4.69) is 15.1 Å². The van der Waals surface area contributed by atoms with Crippen molar-refractivity contribution in [1.29, 1.82) is 0 Å². The minimum absolute atomic E-state index is 0.446. The van der Waals surface area contributed by atoms with E-state index in [0.717, 1.165) is 11.0 Å². The smallest absolute Gasteiger partial charge is 0.163 e. The SMILES string of the molecule is COCCOCCn1ncc2c(N)ncnc21. The molecule has 2 aromatic heterocycles. The summed E-state index contributed by atoms with van der Waals surface area (Å²) in [5.41, 5.74) is 6.44. The predicted molar refractivity (Wildman–Crippen MR) is 62.4 cm³/mol. The van der Waals surface area contributed by atoms with E-state index in [0.29, 0.717) is 32.2 Å². The Bertz CT molecular complexity index is 485. The lowest BCUT2D eigenvalue weighted by Crippen LogP contribution is -2.10. The van der Waals surface area contributed by atoms with Crippen LogP contribution < -0.4 is 5.73 Å². The van der Waals surface area contributed by atoms with Crippen molar-refractivity contribution < 1.29 is 9.47 Å². The van der Waals surface area contributed by atoms with Gasteiger partial charge in [0.05, 0.1) is 37.9 Å². The molecule has 0 saturated carbocycles. The van der Waals surface area contributed by atoms with Gasteiger partial charge in [-0.05, 0) is 0 Å². The van der Waals surface area contributed by atoms with Crippen LogP contribution in [0.15, 0.2) is 12.5 Å². The van der Waals surface area contributed by atoms with Crippen LogP contribution >= 0.6 is 0 Å². The third kappa shape index (κ3) is 2.69. The summed E-state index contributed by atoms with van der Waals surface area (Å²) < 4.78 is 12.0. The van der Waals surface area contributed by atoms with Crippen LogP contribution in [-0.2, 0) is 16.0 Å². The Morgan fingerprint density at radius 3 is 3.00 bits per heavy atom. The van der Waals surface area contributed by atoms with Gasteiger partial charge in [-0.15, -0.1) is 0 Å². The van der Waals surface area contributed by atoms with Crippen LogP contribution in [0.25, 0.3) is 11.0 Å². The zero-order chi connectivity index (χ0) is 12.1. The molecule has 0 aliphatic carbocycles. The Balaban J connectivity index is 1.97. The summed E-state index contributed by atoms with van der Waals surface area (Å²) in [6.07, 6.45) is 3.10. The highest BCUT2D eigenvalue weighted by Crippen LogP contribution is 2.14. The summed E-state index contributed by atoms with van der Waals surface area (Å²) in [7, 11) is 1.64. The zero-order valence-corrected chi connectivity index (χ0v) is 9.67. The number of hydrogen-bond acceptors (Lipinski definition) is 6. The number of nitrogens with two attached hydrogens (primary N) is 1. The molecule has 0 unspecified atom stereocenters. The standard InChI is InChI=1S/C10H15N5O2/c1-16-4-5-17-3-2-15-10-8(6-14-15)9(11)12-7-13-10/h6-7H,2-5H2,1H3,(H2,11,12,13). The van der Waals surface area contributed by atoms with Crippen molar-refractivity contribution in [3.63, 3.8) is 0 Å². The average molecular weight is 237 g/mol. The van der Waals surface area contributed by atoms with Gasteiger partial charge in [0.2, 0.25) is 0 Å². The first-order chi connectivity index (χ1) is 8.33. The monoisotopic (exact) mass is 237 g/mol. The first-order valence-corrected chi connectivity index (χ1v) is 5.31. The minimum Gasteiger partial charge on any atom is -0.383 e. The summed E-state index contributed by atoms with van der Waals surface area (Å²) >= 11 is 0. The fourth-order valence-corrected chi connectivity index (χ4v) is 1.47. The van der Waals surface area contributed by atoms with Crippen molar-refractivity contribution in [2.75, 3.05) is 32.7 Å². The van der Waals surface area contributed by atoms with Gasteiger partial charge in [-0.2, -0.15) is 5.10 Å². The maximum Gasteiger partial charge on any atom is 0.163 e. The maximum absolute atomic E-state index is 5.71. The van der Waals surface area contributed by atoms with E-state index in [-0.39, 0.29) is 0 Å². The molecule has 2 aromatic rings. The van der Waals surface area contributed by atoms with Gasteiger partial charge < -0.3 is 15.2 Å². The van der Waals surface area contributed by atoms with E-state index in [1.807, 2.05) is 0 Å². The van der Waals surface area contributed by atoms with Crippen molar-refractivity contribution in [3.05, 3.63) is 12.5 Å². The number of fused-ring (bicyclic) bond motifs is 1. The number of nitrogen functional groups attached to an aromatic ring is 1. The van der Waals surface area contributed by atoms with Crippen LogP contribution in [0.1, 0.15) is 0 Å². The number of hydrogen-bond donors (Lipinski definition) is 1. The fraction of sp³-hybridized carbons (Fsp3) is 0.500. The molecule has 2 rings (SSSR count). The molecular weight excluding hydrogens is 222 g/mol. The molecule has 0 spiro atoms. The van der Waals surface area contributed by atoms with Crippen LogP contribution in [0.5, 0.6) is 0 Å². The van der Waals surface area contributed by atoms with E-state index in [9.17, 15) is 0 Å². The summed E-state index contributed by atoms with van der Waals surface area (Å²) in [6, 6.07) is 0. The van der Waals surface area contributed by atoms with E-state index in [1.54, 1.807) is 18.0 Å². The van der Waals surface area contributed by atoms with Crippen molar-refractivity contribution in [2.45, 2.75) is 6.54 Å². The van der Waals surface area contributed by atoms with Gasteiger partial charge in [0.15, 0.2) is 5.65 Å². The van der Waals surface area contributed by atoms with Crippen LogP contribution in [0.3, 0.4) is 0 Å². The number of anilines is 1. The van der Waals surface area contributed by atoms with Gasteiger partial charge in [-0.1, -0.05) is 0 Å². The van der Waals surface area contributed by atoms with Crippen molar-refractivity contribution in [3.8, 4) is 0 Å². The molecule has 0 atom stereocenters. The lowest BCUT2D eigenvalue weighted by Gasteiger charge is -2.04. The molecule has 0 fully saturated rings. The average Bonchev–Trinajstić information content (AvgIpc) is 2.74. The van der Waals surface area contributed by atoms with E-state index in [1.165, 1.54) is 6.33 Å². The van der Waals surface area contributed by atoms with Gasteiger partial charge in [0, 0.05) is 7.11 Å². The molecule has 0 aromatic carbocycles. The second kappa shape index (κ2) is 5.55. The Morgan fingerprint density at radius 2 is 2.18 bits per heavy atom. The molecule has 0 radical (unpaired) electrons. The molecule has 0 amide bonds. The molecule has 0 saturated heterocycles. The Labute approximate surface area is 98.6 Å². The maximum atomic E-state index is 5.71. The van der Waals surface area contributed by atoms with Crippen molar-refractivity contribution in [2.24, 2.45) is 0 Å². The van der Waals surface area contributed by atoms with Crippen molar-refractivity contribution in [1.82, 2.24) is 19.7 Å². The summed E-state index contributed by atoms with van der Waals surface area (Å²) in [5.74, 6) is 0.446. The third-order valence-electron chi connectivity index (χ3n) is 2.34. The molecule has 17 heavy (non-hydrogen) atoms. The molecule has 92 valence electrons. The largest absolute Gasteiger partial charge is 0.383 e. The molecular formula is C10H15N5O2. The zero-order valence-electron chi connectivity index (χ0n) is 9.67. The Hall–Kier alpha value is -1.73. The number of methoxy groups -OCH3 is 1. The second-order valence-electron chi connectivity index (χ2n) is 3.47. The number of ether oxygens (including phenoxy) is 2. The van der Waals surface area contributed by atoms with Crippen LogP contribution in [0.2, 0.25) is 0 Å². The third-order valence-corrected chi connectivity index (χ3v) is 2.34. The lowest BCUT2D eigenvalue weighted by molar-refractivity contribution is 0.0658. The van der Waals surface area contributed by atoms with Crippen LogP contribution in [0, 0.1) is 0 Å². The Kier molecular flexibility index (Phi) is 3.84. The molecule has 0 bridgehead atoms.